The fraction of sp³-hybridized carbons (Fsp3) is 0.412. The molecular formula is C17H18N4O3. The lowest BCUT2D eigenvalue weighted by atomic mass is 10.2. The van der Waals surface area contributed by atoms with Crippen molar-refractivity contribution >= 4 is 11.8 Å². The Kier molecular flexibility index (Phi) is 3.37. The molecule has 24 heavy (non-hydrogen) atoms. The van der Waals surface area contributed by atoms with Gasteiger partial charge in [0.25, 0.3) is 0 Å². The van der Waals surface area contributed by atoms with Gasteiger partial charge in [0, 0.05) is 30.9 Å². The summed E-state index contributed by atoms with van der Waals surface area (Å²) in [5, 5.41) is 3.99. The Labute approximate surface area is 139 Å². The summed E-state index contributed by atoms with van der Waals surface area (Å²) in [6, 6.07) is 7.28. The maximum absolute atomic E-state index is 12.4. The van der Waals surface area contributed by atoms with Crippen molar-refractivity contribution in [2.75, 3.05) is 13.1 Å². The van der Waals surface area contributed by atoms with Gasteiger partial charge in [-0.15, -0.1) is 0 Å². The second-order valence-electron chi connectivity index (χ2n) is 6.58. The van der Waals surface area contributed by atoms with Gasteiger partial charge in [0.05, 0.1) is 6.54 Å². The summed E-state index contributed by atoms with van der Waals surface area (Å²) >= 11 is 0. The zero-order valence-corrected chi connectivity index (χ0v) is 13.4. The van der Waals surface area contributed by atoms with Crippen molar-refractivity contribution in [3.05, 3.63) is 36.2 Å². The van der Waals surface area contributed by atoms with Gasteiger partial charge in [-0.1, -0.05) is 11.2 Å². The number of carbonyl (C=O) groups is 2. The van der Waals surface area contributed by atoms with Crippen LogP contribution in [-0.2, 0) is 16.1 Å². The number of carbonyl (C=O) groups excluding carboxylic acids is 2. The molecule has 1 saturated carbocycles. The standard InChI is InChI=1S/C17H18N4O3/c1-17(5-6-17)21-9-8-20(15(22)16(21)23)11-12-10-14(24-19-12)13-4-2-3-7-18-13/h2-4,7,10H,5-6,8-9,11H2,1H3. The summed E-state index contributed by atoms with van der Waals surface area (Å²) < 4.78 is 5.29. The third-order valence-corrected chi connectivity index (χ3v) is 4.76. The lowest BCUT2D eigenvalue weighted by Crippen LogP contribution is -2.57. The van der Waals surface area contributed by atoms with Crippen molar-refractivity contribution in [1.82, 2.24) is 19.9 Å². The van der Waals surface area contributed by atoms with Gasteiger partial charge in [-0.25, -0.2) is 0 Å². The van der Waals surface area contributed by atoms with E-state index in [1.807, 2.05) is 25.1 Å². The van der Waals surface area contributed by atoms with Crippen LogP contribution in [0.3, 0.4) is 0 Å². The minimum Gasteiger partial charge on any atom is -0.354 e. The van der Waals surface area contributed by atoms with Gasteiger partial charge >= 0.3 is 11.8 Å². The van der Waals surface area contributed by atoms with Crippen LogP contribution in [0.1, 0.15) is 25.5 Å². The summed E-state index contributed by atoms with van der Waals surface area (Å²) in [5.41, 5.74) is 1.19. The third-order valence-electron chi connectivity index (χ3n) is 4.76. The lowest BCUT2D eigenvalue weighted by Gasteiger charge is -2.37. The minimum absolute atomic E-state index is 0.112. The summed E-state index contributed by atoms with van der Waals surface area (Å²) in [6.07, 6.45) is 3.63. The largest absolute Gasteiger partial charge is 0.354 e. The second-order valence-corrected chi connectivity index (χ2v) is 6.58. The quantitative estimate of drug-likeness (QED) is 0.795. The molecule has 124 valence electrons. The molecule has 1 saturated heterocycles. The van der Waals surface area contributed by atoms with Crippen LogP contribution < -0.4 is 0 Å². The fourth-order valence-electron chi connectivity index (χ4n) is 3.00. The molecule has 2 amide bonds. The van der Waals surface area contributed by atoms with Crippen LogP contribution in [0.5, 0.6) is 0 Å². The first-order valence-corrected chi connectivity index (χ1v) is 8.05. The normalized spacial score (nSPS) is 19.7. The van der Waals surface area contributed by atoms with E-state index in [-0.39, 0.29) is 12.1 Å². The predicted octanol–water partition coefficient (Wildman–Crippen LogP) is 1.46. The Hall–Kier alpha value is -2.70. The lowest BCUT2D eigenvalue weighted by molar-refractivity contribution is -0.158. The van der Waals surface area contributed by atoms with Gasteiger partial charge in [-0.3, -0.25) is 14.6 Å². The average Bonchev–Trinajstić information content (AvgIpc) is 3.17. The number of pyridine rings is 1. The van der Waals surface area contributed by atoms with E-state index in [0.717, 1.165) is 12.8 Å². The molecule has 0 radical (unpaired) electrons. The molecule has 7 heteroatoms. The minimum atomic E-state index is -0.461. The van der Waals surface area contributed by atoms with Crippen LogP contribution >= 0.6 is 0 Å². The monoisotopic (exact) mass is 326 g/mol. The number of nitrogens with zero attached hydrogens (tertiary/aromatic N) is 4. The van der Waals surface area contributed by atoms with E-state index >= 15 is 0 Å². The molecular weight excluding hydrogens is 308 g/mol. The van der Waals surface area contributed by atoms with Crippen molar-refractivity contribution in [1.29, 1.82) is 0 Å². The average molecular weight is 326 g/mol. The fourth-order valence-corrected chi connectivity index (χ4v) is 3.00. The highest BCUT2D eigenvalue weighted by Crippen LogP contribution is 2.41. The van der Waals surface area contributed by atoms with E-state index in [1.165, 1.54) is 4.90 Å². The molecule has 0 bridgehead atoms. The van der Waals surface area contributed by atoms with Crippen LogP contribution in [0.2, 0.25) is 0 Å². The van der Waals surface area contributed by atoms with Crippen LogP contribution in [0.4, 0.5) is 0 Å². The van der Waals surface area contributed by atoms with Gasteiger partial charge in [-0.05, 0) is 31.9 Å². The molecule has 0 aromatic carbocycles. The molecule has 3 heterocycles. The molecule has 7 nitrogen and oxygen atoms in total. The van der Waals surface area contributed by atoms with E-state index in [2.05, 4.69) is 10.1 Å². The van der Waals surface area contributed by atoms with Gasteiger partial charge in [-0.2, -0.15) is 0 Å². The highest BCUT2D eigenvalue weighted by molar-refractivity contribution is 6.35. The maximum atomic E-state index is 12.4. The zero-order chi connectivity index (χ0) is 16.7. The Bertz CT molecular complexity index is 782. The summed E-state index contributed by atoms with van der Waals surface area (Å²) in [4.78, 5) is 32.1. The third kappa shape index (κ3) is 2.55. The van der Waals surface area contributed by atoms with Crippen LogP contribution in [-0.4, -0.2) is 50.4 Å². The van der Waals surface area contributed by atoms with Crippen molar-refractivity contribution in [2.45, 2.75) is 31.8 Å². The van der Waals surface area contributed by atoms with E-state index in [1.54, 1.807) is 17.2 Å². The molecule has 4 rings (SSSR count). The first-order chi connectivity index (χ1) is 11.6. The Morgan fingerprint density at radius 2 is 2.04 bits per heavy atom. The van der Waals surface area contributed by atoms with Gasteiger partial charge in [0.2, 0.25) is 0 Å². The van der Waals surface area contributed by atoms with Crippen LogP contribution in [0.25, 0.3) is 11.5 Å². The van der Waals surface area contributed by atoms with E-state index in [9.17, 15) is 9.59 Å². The molecule has 0 atom stereocenters. The molecule has 1 aliphatic heterocycles. The zero-order valence-electron chi connectivity index (χ0n) is 13.4. The van der Waals surface area contributed by atoms with Crippen molar-refractivity contribution < 1.29 is 14.1 Å². The van der Waals surface area contributed by atoms with Crippen LogP contribution in [0, 0.1) is 0 Å². The highest BCUT2D eigenvalue weighted by Gasteiger charge is 2.49. The first kappa shape index (κ1) is 14.9. The maximum Gasteiger partial charge on any atom is 0.312 e. The molecule has 2 fully saturated rings. The van der Waals surface area contributed by atoms with E-state index in [4.69, 9.17) is 4.52 Å². The number of aromatic nitrogens is 2. The molecule has 0 spiro atoms. The van der Waals surface area contributed by atoms with Crippen molar-refractivity contribution in [3.8, 4) is 11.5 Å². The Morgan fingerprint density at radius 3 is 2.75 bits per heavy atom. The van der Waals surface area contributed by atoms with Crippen molar-refractivity contribution in [2.24, 2.45) is 0 Å². The second kappa shape index (κ2) is 5.43. The topological polar surface area (TPSA) is 79.5 Å². The number of piperazine rings is 1. The van der Waals surface area contributed by atoms with Crippen molar-refractivity contribution in [3.63, 3.8) is 0 Å². The Morgan fingerprint density at radius 1 is 1.21 bits per heavy atom. The number of rotatable bonds is 4. The highest BCUT2D eigenvalue weighted by atomic mass is 16.5. The van der Waals surface area contributed by atoms with Gasteiger partial charge in [0.15, 0.2) is 5.76 Å². The molecule has 1 aliphatic carbocycles. The molecule has 2 aromatic heterocycles. The number of amides is 2. The predicted molar refractivity (Wildman–Crippen MR) is 84.5 cm³/mol. The number of hydrogen-bond acceptors (Lipinski definition) is 5. The summed E-state index contributed by atoms with van der Waals surface area (Å²) in [6.45, 7) is 3.40. The van der Waals surface area contributed by atoms with E-state index in [0.29, 0.717) is 30.2 Å². The molecule has 2 aromatic rings. The smallest absolute Gasteiger partial charge is 0.312 e. The Balaban J connectivity index is 1.46. The van der Waals surface area contributed by atoms with Gasteiger partial charge < -0.3 is 14.3 Å². The van der Waals surface area contributed by atoms with E-state index < -0.39 is 11.8 Å². The summed E-state index contributed by atoms with van der Waals surface area (Å²) in [5.74, 6) is -0.319. The SMILES string of the molecule is CC1(N2CCN(Cc3cc(-c4ccccn4)on3)C(=O)C2=O)CC1. The first-order valence-electron chi connectivity index (χ1n) is 8.05. The van der Waals surface area contributed by atoms with Gasteiger partial charge in [0.1, 0.15) is 11.4 Å². The molecule has 2 aliphatic rings. The molecule has 0 N–H and O–H groups in total. The molecule has 0 unspecified atom stereocenters. The summed E-state index contributed by atoms with van der Waals surface area (Å²) in [7, 11) is 0. The number of hydrogen-bond donors (Lipinski definition) is 0. The van der Waals surface area contributed by atoms with Crippen LogP contribution in [0.15, 0.2) is 35.0 Å².